The topological polar surface area (TPSA) is 138 Å². The molecule has 4 rings (SSSR count). The molecule has 1 aromatic carbocycles. The van der Waals surface area contributed by atoms with Crippen molar-refractivity contribution in [1.29, 1.82) is 5.41 Å². The fourth-order valence-electron chi connectivity index (χ4n) is 4.81. The maximum atomic E-state index is 12.4. The molecule has 38 heavy (non-hydrogen) atoms. The van der Waals surface area contributed by atoms with Crippen LogP contribution in [-0.4, -0.2) is 60.6 Å². The molecule has 1 aromatic heterocycles. The highest BCUT2D eigenvalue weighted by Gasteiger charge is 2.38. The van der Waals surface area contributed by atoms with E-state index in [0.717, 1.165) is 36.2 Å². The van der Waals surface area contributed by atoms with Crippen molar-refractivity contribution < 1.29 is 19.1 Å². The van der Waals surface area contributed by atoms with Gasteiger partial charge in [-0.2, -0.15) is 0 Å². The number of rotatable bonds is 9. The Bertz CT molecular complexity index is 1080. The molecule has 0 radical (unpaired) electrons. The van der Waals surface area contributed by atoms with Gasteiger partial charge in [0, 0.05) is 27.4 Å². The number of likely N-dealkylation sites (tertiary alicyclic amines) is 1. The van der Waals surface area contributed by atoms with E-state index in [1.54, 1.807) is 35.5 Å². The lowest BCUT2D eigenvalue weighted by atomic mass is 9.98. The molecule has 0 bridgehead atoms. The number of ether oxygens (including phenoxy) is 1. The van der Waals surface area contributed by atoms with Crippen LogP contribution in [0.25, 0.3) is 0 Å². The molecule has 1 saturated heterocycles. The molecule has 5 N–H and O–H groups in total. The Morgan fingerprint density at radius 2 is 1.87 bits per heavy atom. The van der Waals surface area contributed by atoms with E-state index < -0.39 is 6.04 Å². The number of likely N-dealkylation sites (N-methyl/N-ethyl adjacent to an activating group) is 1. The number of nitrogens with two attached hydrogens (primary N) is 1. The van der Waals surface area contributed by atoms with Crippen LogP contribution in [0.5, 0.6) is 5.75 Å². The third kappa shape index (κ3) is 8.39. The van der Waals surface area contributed by atoms with Crippen molar-refractivity contribution in [2.45, 2.75) is 76.6 Å². The van der Waals surface area contributed by atoms with Gasteiger partial charge in [0.1, 0.15) is 23.9 Å². The SMILES string of the molecule is CNCC(=O)N1C(C)CCC1C(=O)NCc1cc(C(=N)N)cs1.O=Cc1ccc(OC2CCCCC2)cc1. The summed E-state index contributed by atoms with van der Waals surface area (Å²) in [6.45, 7) is 2.59. The normalized spacial score (nSPS) is 19.3. The average Bonchev–Trinajstić information content (AvgIpc) is 3.56. The third-order valence-electron chi connectivity index (χ3n) is 6.86. The fourth-order valence-corrected chi connectivity index (χ4v) is 5.63. The monoisotopic (exact) mass is 541 g/mol. The summed E-state index contributed by atoms with van der Waals surface area (Å²) in [7, 11) is 1.72. The molecule has 2 unspecified atom stereocenters. The summed E-state index contributed by atoms with van der Waals surface area (Å²) >= 11 is 1.45. The first-order valence-corrected chi connectivity index (χ1v) is 14.1. The smallest absolute Gasteiger partial charge is 0.243 e. The number of aldehydes is 1. The molecule has 2 amide bonds. The van der Waals surface area contributed by atoms with Gasteiger partial charge in [0.2, 0.25) is 11.8 Å². The van der Waals surface area contributed by atoms with Crippen LogP contribution in [0, 0.1) is 5.41 Å². The number of nitrogens with one attached hydrogen (secondary N) is 3. The first-order chi connectivity index (χ1) is 18.3. The lowest BCUT2D eigenvalue weighted by molar-refractivity contribution is -0.139. The van der Waals surface area contributed by atoms with Crippen molar-refractivity contribution in [3.63, 3.8) is 0 Å². The first kappa shape index (κ1) is 29.3. The highest BCUT2D eigenvalue weighted by molar-refractivity contribution is 7.10. The second-order valence-corrected chi connectivity index (χ2v) is 10.8. The molecule has 2 aliphatic rings. The van der Waals surface area contributed by atoms with Crippen molar-refractivity contribution in [2.75, 3.05) is 13.6 Å². The molecule has 1 aliphatic heterocycles. The summed E-state index contributed by atoms with van der Waals surface area (Å²) < 4.78 is 5.84. The number of carbonyl (C=O) groups excluding carboxylic acids is 3. The van der Waals surface area contributed by atoms with E-state index in [2.05, 4.69) is 10.6 Å². The van der Waals surface area contributed by atoms with Gasteiger partial charge in [-0.3, -0.25) is 19.8 Å². The predicted molar refractivity (Wildman–Crippen MR) is 150 cm³/mol. The number of thiophene rings is 1. The first-order valence-electron chi connectivity index (χ1n) is 13.2. The molecule has 2 fully saturated rings. The number of hydrogen-bond acceptors (Lipinski definition) is 7. The van der Waals surface area contributed by atoms with E-state index in [4.69, 9.17) is 15.9 Å². The van der Waals surface area contributed by atoms with Gasteiger partial charge in [-0.25, -0.2) is 0 Å². The third-order valence-corrected chi connectivity index (χ3v) is 7.80. The lowest BCUT2D eigenvalue weighted by Gasteiger charge is -2.27. The number of nitrogens with zero attached hydrogens (tertiary/aromatic N) is 1. The van der Waals surface area contributed by atoms with Crippen molar-refractivity contribution in [1.82, 2.24) is 15.5 Å². The average molecular weight is 542 g/mol. The summed E-state index contributed by atoms with van der Waals surface area (Å²) in [4.78, 5) is 37.7. The minimum atomic E-state index is -0.405. The van der Waals surface area contributed by atoms with Crippen LogP contribution in [0.15, 0.2) is 35.7 Å². The number of carbonyl (C=O) groups is 3. The number of amidine groups is 1. The van der Waals surface area contributed by atoms with E-state index in [0.29, 0.717) is 30.2 Å². The van der Waals surface area contributed by atoms with Gasteiger partial charge in [0.25, 0.3) is 0 Å². The summed E-state index contributed by atoms with van der Waals surface area (Å²) in [5, 5.41) is 14.9. The molecule has 1 saturated carbocycles. The number of benzene rings is 1. The van der Waals surface area contributed by atoms with Crippen LogP contribution in [0.1, 0.15) is 72.7 Å². The zero-order valence-electron chi connectivity index (χ0n) is 22.2. The Labute approximate surface area is 228 Å². The molecule has 2 atom stereocenters. The summed E-state index contributed by atoms with van der Waals surface area (Å²) in [6, 6.07) is 8.82. The maximum Gasteiger partial charge on any atom is 0.243 e. The standard InChI is InChI=1S/C15H23N5O2S.C13H16O2/c1-9-3-4-12(20(9)13(21)7-18-2)15(22)19-6-11-5-10(8-23-11)14(16)17;14-10-11-6-8-13(9-7-11)15-12-4-2-1-3-5-12/h5,8-9,12,18H,3-4,6-7H2,1-2H3,(H3,16,17)(H,19,22);6-10,12H,1-5H2. The van der Waals surface area contributed by atoms with Gasteiger partial charge < -0.3 is 26.0 Å². The molecule has 9 nitrogen and oxygen atoms in total. The maximum absolute atomic E-state index is 12.4. The van der Waals surface area contributed by atoms with Crippen LogP contribution < -0.4 is 21.1 Å². The fraction of sp³-hybridized carbons (Fsp3) is 0.500. The van der Waals surface area contributed by atoms with Crippen molar-refractivity contribution in [3.8, 4) is 5.75 Å². The largest absolute Gasteiger partial charge is 0.490 e. The molecule has 2 heterocycles. The van der Waals surface area contributed by atoms with Gasteiger partial charge in [-0.1, -0.05) is 6.42 Å². The zero-order chi connectivity index (χ0) is 27.5. The van der Waals surface area contributed by atoms with E-state index in [9.17, 15) is 14.4 Å². The Hall–Kier alpha value is -3.24. The predicted octanol–water partition coefficient (Wildman–Crippen LogP) is 3.46. The molecule has 1 aliphatic carbocycles. The molecular formula is C28H39N5O4S. The highest BCUT2D eigenvalue weighted by Crippen LogP contribution is 2.25. The number of amides is 2. The van der Waals surface area contributed by atoms with Crippen molar-refractivity contribution in [2.24, 2.45) is 5.73 Å². The van der Waals surface area contributed by atoms with Gasteiger partial charge in [-0.15, -0.1) is 11.3 Å². The quantitative estimate of drug-likeness (QED) is 0.218. The van der Waals surface area contributed by atoms with E-state index in [1.165, 1.54) is 30.6 Å². The minimum Gasteiger partial charge on any atom is -0.490 e. The van der Waals surface area contributed by atoms with Gasteiger partial charge in [0.05, 0.1) is 19.2 Å². The van der Waals surface area contributed by atoms with Crippen LogP contribution in [-0.2, 0) is 16.1 Å². The van der Waals surface area contributed by atoms with E-state index in [1.807, 2.05) is 19.1 Å². The van der Waals surface area contributed by atoms with Crippen molar-refractivity contribution in [3.05, 3.63) is 51.7 Å². The summed E-state index contributed by atoms with van der Waals surface area (Å²) in [5.74, 6) is 0.726. The second kappa shape index (κ2) is 14.6. The minimum absolute atomic E-state index is 0.0206. The van der Waals surface area contributed by atoms with Crippen LogP contribution in [0.2, 0.25) is 0 Å². The molecule has 10 heteroatoms. The van der Waals surface area contributed by atoms with Crippen molar-refractivity contribution >= 4 is 35.3 Å². The Balaban J connectivity index is 0.000000230. The Morgan fingerprint density at radius 3 is 2.47 bits per heavy atom. The summed E-state index contributed by atoms with van der Waals surface area (Å²) in [5.41, 5.74) is 6.80. The Morgan fingerprint density at radius 1 is 1.16 bits per heavy atom. The summed E-state index contributed by atoms with van der Waals surface area (Å²) in [6.07, 6.45) is 8.96. The zero-order valence-corrected chi connectivity index (χ0v) is 23.0. The highest BCUT2D eigenvalue weighted by atomic mass is 32.1. The van der Waals surface area contributed by atoms with Crippen LogP contribution in [0.3, 0.4) is 0 Å². The van der Waals surface area contributed by atoms with Gasteiger partial charge in [-0.05, 0) is 82.8 Å². The second-order valence-electron chi connectivity index (χ2n) is 9.77. The Kier molecular flexibility index (Phi) is 11.3. The van der Waals surface area contributed by atoms with Crippen LogP contribution in [0.4, 0.5) is 0 Å². The molecule has 2 aromatic rings. The van der Waals surface area contributed by atoms with E-state index >= 15 is 0 Å². The lowest BCUT2D eigenvalue weighted by Crippen LogP contribution is -2.50. The molecule has 0 spiro atoms. The van der Waals surface area contributed by atoms with Gasteiger partial charge in [0.15, 0.2) is 0 Å². The van der Waals surface area contributed by atoms with Gasteiger partial charge >= 0.3 is 0 Å². The molecule has 206 valence electrons. The van der Waals surface area contributed by atoms with E-state index in [-0.39, 0.29) is 30.2 Å². The molecular weight excluding hydrogens is 502 g/mol. The number of hydrogen-bond donors (Lipinski definition) is 4. The van der Waals surface area contributed by atoms with Crippen LogP contribution >= 0.6 is 11.3 Å². The number of nitrogen functional groups attached to an aromatic ring is 1.